The number of nitrogens with zero attached hydrogens (tertiary/aromatic N) is 3. The van der Waals surface area contributed by atoms with Crippen molar-refractivity contribution in [2.75, 3.05) is 24.3 Å². The van der Waals surface area contributed by atoms with E-state index in [4.69, 9.17) is 15.3 Å². The summed E-state index contributed by atoms with van der Waals surface area (Å²) < 4.78 is 6.07. The van der Waals surface area contributed by atoms with E-state index >= 15 is 0 Å². The fourth-order valence-electron chi connectivity index (χ4n) is 1.52. The van der Waals surface area contributed by atoms with Crippen LogP contribution in [0.3, 0.4) is 0 Å². The largest absolute Gasteiger partial charge is 0.465 e. The smallest absolute Gasteiger partial charge is 0.411 e. The Balaban J connectivity index is 2.69. The molecular formula is C14H26N4O3Si. The summed E-state index contributed by atoms with van der Waals surface area (Å²) >= 11 is 0. The molecule has 1 amide bonds. The number of nitrogens with two attached hydrogens (primary N) is 1. The first kappa shape index (κ1) is 18.4. The van der Waals surface area contributed by atoms with Gasteiger partial charge < -0.3 is 15.3 Å². The van der Waals surface area contributed by atoms with Crippen molar-refractivity contribution in [3.8, 4) is 0 Å². The number of nitrogen functional groups attached to an aromatic ring is 1. The number of anilines is 2. The highest BCUT2D eigenvalue weighted by Crippen LogP contribution is 2.36. The quantitative estimate of drug-likeness (QED) is 0.807. The van der Waals surface area contributed by atoms with Gasteiger partial charge in [-0.3, -0.25) is 4.90 Å². The molecule has 0 fully saturated rings. The molecule has 0 aliphatic heterocycles. The normalized spacial score (nSPS) is 12.3. The highest BCUT2D eigenvalue weighted by atomic mass is 28.4. The molecule has 0 unspecified atom stereocenters. The van der Waals surface area contributed by atoms with Crippen LogP contribution in [0.2, 0.25) is 18.1 Å². The Morgan fingerprint density at radius 3 is 2.50 bits per heavy atom. The Hall–Kier alpha value is -1.67. The van der Waals surface area contributed by atoms with Gasteiger partial charge in [0.25, 0.3) is 0 Å². The van der Waals surface area contributed by atoms with Gasteiger partial charge in [-0.1, -0.05) is 20.8 Å². The molecule has 0 bridgehead atoms. The Kier molecular flexibility index (Phi) is 5.53. The molecule has 1 aromatic heterocycles. The lowest BCUT2D eigenvalue weighted by Crippen LogP contribution is -2.41. The summed E-state index contributed by atoms with van der Waals surface area (Å²) in [5.41, 5.74) is 6.08. The van der Waals surface area contributed by atoms with E-state index < -0.39 is 14.4 Å². The number of amides is 1. The average molecular weight is 326 g/mol. The van der Waals surface area contributed by atoms with E-state index in [1.54, 1.807) is 0 Å². The number of carbonyl (C=O) groups is 1. The molecule has 1 aromatic rings. The Bertz CT molecular complexity index is 543. The van der Waals surface area contributed by atoms with Crippen LogP contribution < -0.4 is 10.6 Å². The number of hydrogen-bond donors (Lipinski definition) is 2. The van der Waals surface area contributed by atoms with Crippen molar-refractivity contribution in [1.82, 2.24) is 9.97 Å². The van der Waals surface area contributed by atoms with E-state index in [1.807, 2.05) is 0 Å². The van der Waals surface area contributed by atoms with E-state index in [1.165, 1.54) is 13.2 Å². The Morgan fingerprint density at radius 1 is 1.45 bits per heavy atom. The molecule has 0 spiro atoms. The zero-order valence-corrected chi connectivity index (χ0v) is 15.2. The van der Waals surface area contributed by atoms with Gasteiger partial charge in [-0.05, 0) is 18.1 Å². The fraction of sp³-hybridized carbons (Fsp3) is 0.643. The molecule has 1 rings (SSSR count). The lowest BCUT2D eigenvalue weighted by atomic mass is 10.2. The first-order chi connectivity index (χ1) is 9.95. The maximum Gasteiger partial charge on any atom is 0.411 e. The monoisotopic (exact) mass is 326 g/mol. The summed E-state index contributed by atoms with van der Waals surface area (Å²) in [4.78, 5) is 20.2. The Labute approximate surface area is 132 Å². The first-order valence-electron chi connectivity index (χ1n) is 7.17. The van der Waals surface area contributed by atoms with Gasteiger partial charge in [0, 0.05) is 20.1 Å². The predicted molar refractivity (Wildman–Crippen MR) is 89.7 cm³/mol. The van der Waals surface area contributed by atoms with E-state index in [0.717, 1.165) is 4.90 Å². The van der Waals surface area contributed by atoms with Crippen molar-refractivity contribution in [2.24, 2.45) is 0 Å². The summed E-state index contributed by atoms with van der Waals surface area (Å²) in [6, 6.07) is 0. The highest BCUT2D eigenvalue weighted by Gasteiger charge is 2.36. The predicted octanol–water partition coefficient (Wildman–Crippen LogP) is 2.74. The molecule has 7 nitrogen and oxygen atoms in total. The van der Waals surface area contributed by atoms with Crippen molar-refractivity contribution in [1.29, 1.82) is 0 Å². The molecule has 0 aromatic carbocycles. The van der Waals surface area contributed by atoms with Gasteiger partial charge in [-0.15, -0.1) is 0 Å². The second-order valence-corrected chi connectivity index (χ2v) is 11.6. The molecule has 0 saturated carbocycles. The Morgan fingerprint density at radius 2 is 2.05 bits per heavy atom. The molecule has 22 heavy (non-hydrogen) atoms. The summed E-state index contributed by atoms with van der Waals surface area (Å²) in [6.07, 6.45) is 0.871. The van der Waals surface area contributed by atoms with Crippen LogP contribution in [0, 0.1) is 0 Å². The SMILES string of the molecule is CN(C(=O)O)c1cnc(CCO[Si](C)(C)C(C)(C)C)nc1N. The van der Waals surface area contributed by atoms with Crippen molar-refractivity contribution >= 4 is 25.9 Å². The van der Waals surface area contributed by atoms with Crippen LogP contribution in [0.5, 0.6) is 0 Å². The van der Waals surface area contributed by atoms with Crippen LogP contribution in [0.1, 0.15) is 26.6 Å². The van der Waals surface area contributed by atoms with Gasteiger partial charge >= 0.3 is 6.09 Å². The van der Waals surface area contributed by atoms with Crippen molar-refractivity contribution < 1.29 is 14.3 Å². The average Bonchev–Trinajstić information content (AvgIpc) is 2.36. The third kappa shape index (κ3) is 4.41. The van der Waals surface area contributed by atoms with E-state index in [9.17, 15) is 4.79 Å². The molecule has 0 aliphatic rings. The molecule has 0 aliphatic carbocycles. The number of aromatic nitrogens is 2. The maximum atomic E-state index is 10.9. The molecular weight excluding hydrogens is 300 g/mol. The van der Waals surface area contributed by atoms with Gasteiger partial charge in [-0.25, -0.2) is 14.8 Å². The first-order valence-corrected chi connectivity index (χ1v) is 10.1. The standard InChI is InChI=1S/C14H26N4O3Si/c1-14(2,3)22(5,6)21-8-7-11-16-9-10(12(15)17-11)18(4)13(19)20/h9H,7-8H2,1-6H3,(H,19,20)(H2,15,16,17). The minimum absolute atomic E-state index is 0.154. The van der Waals surface area contributed by atoms with Crippen LogP contribution in [0.15, 0.2) is 6.20 Å². The molecule has 1 heterocycles. The van der Waals surface area contributed by atoms with Gasteiger partial charge in [-0.2, -0.15) is 0 Å². The zero-order chi connectivity index (χ0) is 17.1. The molecule has 3 N–H and O–H groups in total. The van der Waals surface area contributed by atoms with Crippen LogP contribution in [0.4, 0.5) is 16.3 Å². The number of rotatable bonds is 5. The number of carboxylic acid groups (broad SMARTS) is 1. The zero-order valence-electron chi connectivity index (χ0n) is 14.2. The van der Waals surface area contributed by atoms with Gasteiger partial charge in [0.2, 0.25) is 0 Å². The van der Waals surface area contributed by atoms with E-state index in [-0.39, 0.29) is 16.5 Å². The topological polar surface area (TPSA) is 102 Å². The van der Waals surface area contributed by atoms with Crippen LogP contribution >= 0.6 is 0 Å². The van der Waals surface area contributed by atoms with Gasteiger partial charge in [0.05, 0.1) is 6.20 Å². The summed E-state index contributed by atoms with van der Waals surface area (Å²) in [6.45, 7) is 11.5. The molecule has 8 heteroatoms. The van der Waals surface area contributed by atoms with E-state index in [0.29, 0.717) is 18.9 Å². The lowest BCUT2D eigenvalue weighted by Gasteiger charge is -2.36. The van der Waals surface area contributed by atoms with Crippen LogP contribution in [-0.2, 0) is 10.8 Å². The second-order valence-electron chi connectivity index (χ2n) is 6.76. The van der Waals surface area contributed by atoms with Gasteiger partial charge in [0.1, 0.15) is 11.5 Å². The lowest BCUT2D eigenvalue weighted by molar-refractivity contribution is 0.203. The highest BCUT2D eigenvalue weighted by molar-refractivity contribution is 6.74. The van der Waals surface area contributed by atoms with E-state index in [2.05, 4.69) is 43.8 Å². The summed E-state index contributed by atoms with van der Waals surface area (Å²) in [5.74, 6) is 0.709. The van der Waals surface area contributed by atoms with Crippen LogP contribution in [-0.4, -0.2) is 43.1 Å². The number of hydrogen-bond acceptors (Lipinski definition) is 5. The molecule has 0 saturated heterocycles. The minimum Gasteiger partial charge on any atom is -0.465 e. The summed E-state index contributed by atoms with van der Waals surface area (Å²) in [5, 5.41) is 9.09. The fourth-order valence-corrected chi connectivity index (χ4v) is 2.57. The minimum atomic E-state index is -1.79. The third-order valence-corrected chi connectivity index (χ3v) is 8.63. The van der Waals surface area contributed by atoms with Crippen molar-refractivity contribution in [3.05, 3.63) is 12.0 Å². The van der Waals surface area contributed by atoms with Crippen molar-refractivity contribution in [2.45, 2.75) is 45.3 Å². The molecule has 124 valence electrons. The third-order valence-electron chi connectivity index (χ3n) is 4.09. The van der Waals surface area contributed by atoms with Crippen LogP contribution in [0.25, 0.3) is 0 Å². The molecule has 0 radical (unpaired) electrons. The maximum absolute atomic E-state index is 10.9. The summed E-state index contributed by atoms with van der Waals surface area (Å²) in [7, 11) is -0.388. The molecule has 0 atom stereocenters. The van der Waals surface area contributed by atoms with Gasteiger partial charge in [0.15, 0.2) is 14.1 Å². The second kappa shape index (κ2) is 6.61. The van der Waals surface area contributed by atoms with Crippen molar-refractivity contribution in [3.63, 3.8) is 0 Å².